The van der Waals surface area contributed by atoms with Crippen molar-refractivity contribution in [3.05, 3.63) is 29.8 Å². The van der Waals surface area contributed by atoms with Gasteiger partial charge in [-0.1, -0.05) is 25.3 Å². The molecular formula is C22H29F3N2O5S. The zero-order chi connectivity index (χ0) is 24.2. The second-order valence-electron chi connectivity index (χ2n) is 8.63. The summed E-state index contributed by atoms with van der Waals surface area (Å²) in [5, 5.41) is 2.90. The number of amides is 1. The van der Waals surface area contributed by atoms with Gasteiger partial charge in [0.25, 0.3) is 5.91 Å². The van der Waals surface area contributed by atoms with E-state index in [9.17, 15) is 31.2 Å². The second kappa shape index (κ2) is 10.4. The van der Waals surface area contributed by atoms with Gasteiger partial charge < -0.3 is 10.1 Å². The third-order valence-electron chi connectivity index (χ3n) is 6.20. The van der Waals surface area contributed by atoms with Gasteiger partial charge in [0.1, 0.15) is 0 Å². The highest BCUT2D eigenvalue weighted by molar-refractivity contribution is 7.89. The molecular weight excluding hydrogens is 461 g/mol. The minimum Gasteiger partial charge on any atom is -0.452 e. The number of piperidine rings is 1. The Bertz CT molecular complexity index is 953. The van der Waals surface area contributed by atoms with Gasteiger partial charge in [-0.15, -0.1) is 0 Å². The molecule has 1 aromatic rings. The summed E-state index contributed by atoms with van der Waals surface area (Å²) in [4.78, 5) is 24.4. The molecule has 33 heavy (non-hydrogen) atoms. The fourth-order valence-electron chi connectivity index (χ4n) is 4.20. The van der Waals surface area contributed by atoms with E-state index in [4.69, 9.17) is 4.74 Å². The molecule has 11 heteroatoms. The molecule has 1 aromatic carbocycles. The Kier molecular flexibility index (Phi) is 8.04. The number of esters is 1. The van der Waals surface area contributed by atoms with E-state index in [0.717, 1.165) is 54.6 Å². The summed E-state index contributed by atoms with van der Waals surface area (Å²) in [6, 6.07) is 3.70. The number of carbonyl (C=O) groups is 2. The molecule has 2 fully saturated rings. The SMILES string of the molecule is CC(OC(=O)C1CCN(S(=O)(=O)c2cccc(C(F)(F)F)c2)CC1)C(=O)NC1CCCCC1. The van der Waals surface area contributed by atoms with Gasteiger partial charge in [0.05, 0.1) is 16.4 Å². The summed E-state index contributed by atoms with van der Waals surface area (Å²) in [6.07, 6.45) is -0.201. The minimum atomic E-state index is -4.65. The lowest BCUT2D eigenvalue weighted by atomic mass is 9.95. The molecule has 0 radical (unpaired) electrons. The summed E-state index contributed by atoms with van der Waals surface area (Å²) in [5.74, 6) is -1.50. The van der Waals surface area contributed by atoms with Crippen LogP contribution < -0.4 is 5.32 Å². The molecule has 7 nitrogen and oxygen atoms in total. The van der Waals surface area contributed by atoms with E-state index in [1.807, 2.05) is 0 Å². The molecule has 3 rings (SSSR count). The maximum Gasteiger partial charge on any atom is 0.416 e. The fraction of sp³-hybridized carbons (Fsp3) is 0.636. The third kappa shape index (κ3) is 6.47. The summed E-state index contributed by atoms with van der Waals surface area (Å²) < 4.78 is 70.8. The van der Waals surface area contributed by atoms with Crippen molar-refractivity contribution in [3.63, 3.8) is 0 Å². The molecule has 1 amide bonds. The van der Waals surface area contributed by atoms with Crippen LogP contribution in [0.2, 0.25) is 0 Å². The zero-order valence-electron chi connectivity index (χ0n) is 18.4. The van der Waals surface area contributed by atoms with E-state index in [0.29, 0.717) is 6.07 Å². The lowest BCUT2D eigenvalue weighted by Crippen LogP contribution is -2.44. The van der Waals surface area contributed by atoms with Crippen molar-refractivity contribution >= 4 is 21.9 Å². The molecule has 2 aliphatic rings. The second-order valence-corrected chi connectivity index (χ2v) is 10.6. The van der Waals surface area contributed by atoms with Gasteiger partial charge in [0.15, 0.2) is 6.10 Å². The lowest BCUT2D eigenvalue weighted by Gasteiger charge is -2.31. The summed E-state index contributed by atoms with van der Waals surface area (Å²) in [5.41, 5.74) is -1.04. The first kappa shape index (κ1) is 25.5. The van der Waals surface area contributed by atoms with E-state index in [-0.39, 0.29) is 37.9 Å². The first-order chi connectivity index (χ1) is 15.5. The van der Waals surface area contributed by atoms with Crippen LogP contribution in [-0.4, -0.2) is 49.8 Å². The maximum absolute atomic E-state index is 12.9. The van der Waals surface area contributed by atoms with Crippen molar-refractivity contribution in [2.45, 2.75) is 75.1 Å². The number of sulfonamides is 1. The van der Waals surface area contributed by atoms with E-state index < -0.39 is 44.6 Å². The van der Waals surface area contributed by atoms with Gasteiger partial charge in [-0.05, 0) is 50.8 Å². The Morgan fingerprint density at radius 3 is 2.33 bits per heavy atom. The average Bonchev–Trinajstić information content (AvgIpc) is 2.79. The smallest absolute Gasteiger partial charge is 0.416 e. The first-order valence-electron chi connectivity index (χ1n) is 11.2. The van der Waals surface area contributed by atoms with E-state index >= 15 is 0 Å². The molecule has 1 saturated carbocycles. The fourth-order valence-corrected chi connectivity index (χ4v) is 5.72. The number of nitrogens with one attached hydrogen (secondary N) is 1. The number of ether oxygens (including phenoxy) is 1. The summed E-state index contributed by atoms with van der Waals surface area (Å²) in [6.45, 7) is 1.45. The number of rotatable bonds is 6. The van der Waals surface area contributed by atoms with Crippen molar-refractivity contribution in [1.29, 1.82) is 0 Å². The van der Waals surface area contributed by atoms with Crippen LogP contribution in [0.4, 0.5) is 13.2 Å². The van der Waals surface area contributed by atoms with Gasteiger partial charge in [-0.2, -0.15) is 17.5 Å². The number of hydrogen-bond acceptors (Lipinski definition) is 5. The van der Waals surface area contributed by atoms with Crippen LogP contribution >= 0.6 is 0 Å². The highest BCUT2D eigenvalue weighted by Gasteiger charge is 2.36. The van der Waals surface area contributed by atoms with Gasteiger partial charge in [0.2, 0.25) is 10.0 Å². The normalized spacial score (nSPS) is 20.2. The molecule has 0 aromatic heterocycles. The number of carbonyl (C=O) groups excluding carboxylic acids is 2. The van der Waals surface area contributed by atoms with Crippen molar-refractivity contribution in [2.24, 2.45) is 5.92 Å². The van der Waals surface area contributed by atoms with E-state index in [2.05, 4.69) is 5.32 Å². The molecule has 0 bridgehead atoms. The molecule has 1 heterocycles. The largest absolute Gasteiger partial charge is 0.452 e. The van der Waals surface area contributed by atoms with Crippen molar-refractivity contribution in [1.82, 2.24) is 9.62 Å². The molecule has 1 atom stereocenters. The molecule has 1 saturated heterocycles. The Morgan fingerprint density at radius 2 is 1.73 bits per heavy atom. The predicted molar refractivity (Wildman–Crippen MR) is 113 cm³/mol. The number of hydrogen-bond donors (Lipinski definition) is 1. The molecule has 1 aliphatic heterocycles. The summed E-state index contributed by atoms with van der Waals surface area (Å²) in [7, 11) is -4.13. The Hall–Kier alpha value is -2.14. The third-order valence-corrected chi connectivity index (χ3v) is 8.09. The van der Waals surface area contributed by atoms with Crippen LogP contribution in [0.25, 0.3) is 0 Å². The van der Waals surface area contributed by atoms with Crippen LogP contribution in [0.5, 0.6) is 0 Å². The molecule has 1 aliphatic carbocycles. The minimum absolute atomic E-state index is 0.0268. The number of halogens is 3. The standard InChI is InChI=1S/C22H29F3N2O5S/c1-15(20(28)26-18-7-3-2-4-8-18)32-21(29)16-10-12-27(13-11-16)33(30,31)19-9-5-6-17(14-19)22(23,24)25/h5-6,9,14-16,18H,2-4,7-8,10-13H2,1H3,(H,26,28). The molecule has 0 spiro atoms. The van der Waals surface area contributed by atoms with E-state index in [1.54, 1.807) is 0 Å². The van der Waals surface area contributed by atoms with Crippen LogP contribution in [0.1, 0.15) is 57.4 Å². The monoisotopic (exact) mass is 490 g/mol. The first-order valence-corrected chi connectivity index (χ1v) is 12.6. The van der Waals surface area contributed by atoms with Crippen molar-refractivity contribution in [3.8, 4) is 0 Å². The number of alkyl halides is 3. The average molecular weight is 491 g/mol. The van der Waals surface area contributed by atoms with Crippen LogP contribution in [-0.2, 0) is 30.5 Å². The molecule has 1 unspecified atom stereocenters. The zero-order valence-corrected chi connectivity index (χ0v) is 19.3. The van der Waals surface area contributed by atoms with Crippen molar-refractivity contribution in [2.75, 3.05) is 13.1 Å². The Balaban J connectivity index is 1.53. The van der Waals surface area contributed by atoms with E-state index in [1.165, 1.54) is 6.92 Å². The van der Waals surface area contributed by atoms with Crippen LogP contribution in [0.3, 0.4) is 0 Å². The predicted octanol–water partition coefficient (Wildman–Crippen LogP) is 3.49. The highest BCUT2D eigenvalue weighted by Crippen LogP contribution is 2.32. The Labute approximate surface area is 191 Å². The van der Waals surface area contributed by atoms with Gasteiger partial charge in [-0.3, -0.25) is 9.59 Å². The van der Waals surface area contributed by atoms with Crippen LogP contribution in [0.15, 0.2) is 29.2 Å². The molecule has 184 valence electrons. The highest BCUT2D eigenvalue weighted by atomic mass is 32.2. The quantitative estimate of drug-likeness (QED) is 0.617. The number of benzene rings is 1. The van der Waals surface area contributed by atoms with Gasteiger partial charge >= 0.3 is 12.1 Å². The topological polar surface area (TPSA) is 92.8 Å². The van der Waals surface area contributed by atoms with Gasteiger partial charge in [-0.25, -0.2) is 8.42 Å². The lowest BCUT2D eigenvalue weighted by molar-refractivity contribution is -0.160. The summed E-state index contributed by atoms with van der Waals surface area (Å²) >= 11 is 0. The Morgan fingerprint density at radius 1 is 1.09 bits per heavy atom. The number of nitrogens with zero attached hydrogens (tertiary/aromatic N) is 1. The van der Waals surface area contributed by atoms with Crippen molar-refractivity contribution < 1.29 is 35.9 Å². The molecule has 1 N–H and O–H groups in total. The maximum atomic E-state index is 12.9. The van der Waals surface area contributed by atoms with Crippen LogP contribution in [0, 0.1) is 5.92 Å². The van der Waals surface area contributed by atoms with Gasteiger partial charge in [0, 0.05) is 19.1 Å².